The van der Waals surface area contributed by atoms with Gasteiger partial charge in [-0.3, -0.25) is 0 Å². The first-order valence-electron chi connectivity index (χ1n) is 8.29. The van der Waals surface area contributed by atoms with Crippen LogP contribution >= 0.6 is 0 Å². The van der Waals surface area contributed by atoms with E-state index in [9.17, 15) is 4.79 Å². The van der Waals surface area contributed by atoms with Crippen molar-refractivity contribution in [1.29, 1.82) is 0 Å². The van der Waals surface area contributed by atoms with Crippen LogP contribution in [0.15, 0.2) is 0 Å². The average Bonchev–Trinajstić information content (AvgIpc) is 2.80. The molecule has 20 heavy (non-hydrogen) atoms. The number of amides is 2. The molecule has 3 unspecified atom stereocenters. The van der Waals surface area contributed by atoms with Crippen LogP contribution in [0, 0.1) is 17.8 Å². The van der Waals surface area contributed by atoms with Gasteiger partial charge in [-0.15, -0.1) is 0 Å². The van der Waals surface area contributed by atoms with Gasteiger partial charge < -0.3 is 15.1 Å². The van der Waals surface area contributed by atoms with Gasteiger partial charge in [-0.2, -0.15) is 0 Å². The molecule has 0 aromatic rings. The summed E-state index contributed by atoms with van der Waals surface area (Å²) in [6, 6.07) is 0.134. The van der Waals surface area contributed by atoms with Crippen LogP contribution in [-0.4, -0.2) is 55.1 Å². The number of hydrogen-bond donors (Lipinski definition) is 1. The molecule has 2 aliphatic heterocycles. The lowest BCUT2D eigenvalue weighted by Gasteiger charge is -2.35. The van der Waals surface area contributed by atoms with Crippen molar-refractivity contribution in [2.24, 2.45) is 17.8 Å². The molecule has 3 atom stereocenters. The van der Waals surface area contributed by atoms with Gasteiger partial charge in [0.25, 0.3) is 0 Å². The second-order valence-corrected chi connectivity index (χ2v) is 7.13. The summed E-state index contributed by atoms with van der Waals surface area (Å²) in [4.78, 5) is 16.5. The topological polar surface area (TPSA) is 35.6 Å². The minimum Gasteiger partial charge on any atom is -0.338 e. The summed E-state index contributed by atoms with van der Waals surface area (Å²) in [5.74, 6) is 2.30. The van der Waals surface area contributed by atoms with E-state index < -0.39 is 0 Å². The van der Waals surface area contributed by atoms with E-state index in [1.165, 1.54) is 19.5 Å². The van der Waals surface area contributed by atoms with E-state index in [0.717, 1.165) is 50.9 Å². The van der Waals surface area contributed by atoms with E-state index in [1.54, 1.807) is 0 Å². The monoisotopic (exact) mass is 281 g/mol. The number of hydrogen-bond acceptors (Lipinski definition) is 2. The fraction of sp³-hybridized carbons (Fsp3) is 0.938. The highest BCUT2D eigenvalue weighted by atomic mass is 16.2. The summed E-state index contributed by atoms with van der Waals surface area (Å²) >= 11 is 0. The van der Waals surface area contributed by atoms with Gasteiger partial charge in [0.1, 0.15) is 0 Å². The molecule has 0 saturated carbocycles. The van der Waals surface area contributed by atoms with Crippen molar-refractivity contribution < 1.29 is 4.79 Å². The van der Waals surface area contributed by atoms with Crippen LogP contribution in [0.2, 0.25) is 0 Å². The van der Waals surface area contributed by atoms with E-state index in [0.29, 0.717) is 5.92 Å². The maximum Gasteiger partial charge on any atom is 0.317 e. The minimum absolute atomic E-state index is 0.134. The van der Waals surface area contributed by atoms with E-state index in [2.05, 4.69) is 31.0 Å². The zero-order valence-electron chi connectivity index (χ0n) is 13.4. The Kier molecular flexibility index (Phi) is 5.70. The molecule has 0 spiro atoms. The zero-order chi connectivity index (χ0) is 14.5. The molecule has 1 N–H and O–H groups in total. The fourth-order valence-corrected chi connectivity index (χ4v) is 3.70. The van der Waals surface area contributed by atoms with Gasteiger partial charge in [-0.25, -0.2) is 4.79 Å². The molecule has 2 aliphatic rings. The molecule has 0 aliphatic carbocycles. The molecule has 0 bridgehead atoms. The first kappa shape index (κ1) is 15.6. The Morgan fingerprint density at radius 2 is 1.80 bits per heavy atom. The predicted octanol–water partition coefficient (Wildman–Crippen LogP) is 2.41. The van der Waals surface area contributed by atoms with Crippen LogP contribution in [-0.2, 0) is 0 Å². The third-order valence-electron chi connectivity index (χ3n) is 4.58. The predicted molar refractivity (Wildman–Crippen MR) is 82.8 cm³/mol. The first-order valence-corrected chi connectivity index (χ1v) is 8.29. The number of urea groups is 1. The van der Waals surface area contributed by atoms with Gasteiger partial charge in [-0.05, 0) is 43.6 Å². The Morgan fingerprint density at radius 3 is 2.40 bits per heavy atom. The Hall–Kier alpha value is -0.770. The van der Waals surface area contributed by atoms with Gasteiger partial charge in [-0.1, -0.05) is 20.8 Å². The Labute approximate surface area is 123 Å². The highest BCUT2D eigenvalue weighted by Crippen LogP contribution is 2.20. The van der Waals surface area contributed by atoms with Gasteiger partial charge in [0.15, 0.2) is 0 Å². The fourth-order valence-electron chi connectivity index (χ4n) is 3.70. The molecule has 2 rings (SSSR count). The minimum atomic E-state index is 0.134. The Balaban J connectivity index is 1.58. The SMILES string of the molecule is CC1CC(C)CN(CCCNC(=O)N2CCC(C)C2)C1. The van der Waals surface area contributed by atoms with Gasteiger partial charge in [0, 0.05) is 32.7 Å². The molecule has 0 aromatic heterocycles. The van der Waals surface area contributed by atoms with Crippen molar-refractivity contribution in [2.45, 2.75) is 40.0 Å². The molecule has 2 saturated heterocycles. The molecule has 116 valence electrons. The molecule has 0 aromatic carbocycles. The lowest BCUT2D eigenvalue weighted by molar-refractivity contribution is 0.139. The van der Waals surface area contributed by atoms with Gasteiger partial charge in [0.05, 0.1) is 0 Å². The number of piperidine rings is 1. The summed E-state index contributed by atoms with van der Waals surface area (Å²) in [6.07, 6.45) is 3.58. The molecule has 0 radical (unpaired) electrons. The highest BCUT2D eigenvalue weighted by Gasteiger charge is 2.23. The summed E-state index contributed by atoms with van der Waals surface area (Å²) < 4.78 is 0. The smallest absolute Gasteiger partial charge is 0.317 e. The van der Waals surface area contributed by atoms with Crippen LogP contribution in [0.3, 0.4) is 0 Å². The summed E-state index contributed by atoms with van der Waals surface area (Å²) in [5.41, 5.74) is 0. The average molecular weight is 281 g/mol. The van der Waals surface area contributed by atoms with Gasteiger partial charge in [0.2, 0.25) is 0 Å². The second kappa shape index (κ2) is 7.30. The molecular formula is C16H31N3O. The standard InChI is InChI=1S/C16H31N3O/c1-13-5-8-19(12-13)16(20)17-6-4-7-18-10-14(2)9-15(3)11-18/h13-15H,4-12H2,1-3H3,(H,17,20). The summed E-state index contributed by atoms with van der Waals surface area (Å²) in [6.45, 7) is 13.1. The molecule has 2 heterocycles. The molecule has 4 nitrogen and oxygen atoms in total. The maximum atomic E-state index is 11.9. The number of nitrogens with zero attached hydrogens (tertiary/aromatic N) is 2. The number of nitrogens with one attached hydrogen (secondary N) is 1. The van der Waals surface area contributed by atoms with Crippen molar-refractivity contribution in [2.75, 3.05) is 39.3 Å². The number of carbonyl (C=O) groups is 1. The van der Waals surface area contributed by atoms with E-state index in [-0.39, 0.29) is 6.03 Å². The lowest BCUT2D eigenvalue weighted by Crippen LogP contribution is -2.42. The summed E-state index contributed by atoms with van der Waals surface area (Å²) in [5, 5.41) is 3.07. The van der Waals surface area contributed by atoms with E-state index in [1.807, 2.05) is 4.90 Å². The van der Waals surface area contributed by atoms with Crippen molar-refractivity contribution >= 4 is 6.03 Å². The number of rotatable bonds is 4. The van der Waals surface area contributed by atoms with Crippen molar-refractivity contribution in [3.8, 4) is 0 Å². The third kappa shape index (κ3) is 4.65. The maximum absolute atomic E-state index is 11.9. The highest BCUT2D eigenvalue weighted by molar-refractivity contribution is 5.74. The van der Waals surface area contributed by atoms with Crippen molar-refractivity contribution in [3.05, 3.63) is 0 Å². The second-order valence-electron chi connectivity index (χ2n) is 7.13. The first-order chi connectivity index (χ1) is 9.54. The van der Waals surface area contributed by atoms with Crippen LogP contribution in [0.25, 0.3) is 0 Å². The largest absolute Gasteiger partial charge is 0.338 e. The van der Waals surface area contributed by atoms with Crippen LogP contribution in [0.5, 0.6) is 0 Å². The van der Waals surface area contributed by atoms with Crippen molar-refractivity contribution in [1.82, 2.24) is 15.1 Å². The number of likely N-dealkylation sites (tertiary alicyclic amines) is 2. The van der Waals surface area contributed by atoms with E-state index >= 15 is 0 Å². The molecular weight excluding hydrogens is 250 g/mol. The molecule has 2 amide bonds. The summed E-state index contributed by atoms with van der Waals surface area (Å²) in [7, 11) is 0. The normalized spacial score (nSPS) is 31.6. The van der Waals surface area contributed by atoms with E-state index in [4.69, 9.17) is 0 Å². The van der Waals surface area contributed by atoms with Crippen LogP contribution in [0.1, 0.15) is 40.0 Å². The van der Waals surface area contributed by atoms with Gasteiger partial charge >= 0.3 is 6.03 Å². The quantitative estimate of drug-likeness (QED) is 0.803. The van der Waals surface area contributed by atoms with Crippen molar-refractivity contribution in [3.63, 3.8) is 0 Å². The van der Waals surface area contributed by atoms with Crippen LogP contribution in [0.4, 0.5) is 4.79 Å². The third-order valence-corrected chi connectivity index (χ3v) is 4.58. The van der Waals surface area contributed by atoms with Crippen LogP contribution < -0.4 is 5.32 Å². The Morgan fingerprint density at radius 1 is 1.10 bits per heavy atom. The number of carbonyl (C=O) groups excluding carboxylic acids is 1. The Bertz CT molecular complexity index is 311. The zero-order valence-corrected chi connectivity index (χ0v) is 13.4. The lowest BCUT2D eigenvalue weighted by atomic mass is 9.92. The molecule has 2 fully saturated rings. The molecule has 4 heteroatoms.